The molecule has 0 aliphatic heterocycles. The Morgan fingerprint density at radius 3 is 2.17 bits per heavy atom. The maximum atomic E-state index is 10.4. The van der Waals surface area contributed by atoms with E-state index in [-0.39, 0.29) is 0 Å². The molecular weight excluding hydrogens is 452 g/mol. The van der Waals surface area contributed by atoms with Crippen molar-refractivity contribution < 1.29 is 19.4 Å². The average molecular weight is 497 g/mol. The second-order valence-electron chi connectivity index (χ2n) is 9.21. The Hall–Kier alpha value is -2.73. The number of ether oxygens (including phenoxy) is 2. The summed E-state index contributed by atoms with van der Waals surface area (Å²) in [7, 11) is 0. The highest BCUT2D eigenvalue weighted by molar-refractivity contribution is 5.79. The number of aromatic nitrogens is 2. The van der Waals surface area contributed by atoms with Gasteiger partial charge in [0.2, 0.25) is 0 Å². The molecule has 1 aromatic carbocycles. The smallest absolute Gasteiger partial charge is 0.327 e. The number of benzene rings is 1. The molecule has 1 N–H and O–H groups in total. The lowest BCUT2D eigenvalue weighted by Gasteiger charge is -2.07. The van der Waals surface area contributed by atoms with Gasteiger partial charge in [-0.1, -0.05) is 75.8 Å². The zero-order valence-electron chi connectivity index (χ0n) is 22.0. The number of aliphatic carboxylic acids is 1. The van der Waals surface area contributed by atoms with Crippen molar-refractivity contribution in [1.29, 1.82) is 0 Å². The summed E-state index contributed by atoms with van der Waals surface area (Å²) in [4.78, 5) is 19.3. The first kappa shape index (κ1) is 29.5. The number of nitrogens with zero attached hydrogens (tertiary/aromatic N) is 2. The van der Waals surface area contributed by atoms with Crippen LogP contribution in [0, 0.1) is 0 Å². The molecule has 0 radical (unpaired) electrons. The second kappa shape index (κ2) is 19.5. The molecule has 6 nitrogen and oxygen atoms in total. The van der Waals surface area contributed by atoms with Gasteiger partial charge in [0.05, 0.1) is 19.0 Å². The van der Waals surface area contributed by atoms with Crippen molar-refractivity contribution in [2.45, 2.75) is 90.4 Å². The Kier molecular flexibility index (Phi) is 15.9. The van der Waals surface area contributed by atoms with Crippen LogP contribution in [0.1, 0.15) is 89.5 Å². The summed E-state index contributed by atoms with van der Waals surface area (Å²) >= 11 is 0. The predicted molar refractivity (Wildman–Crippen MR) is 145 cm³/mol. The van der Waals surface area contributed by atoms with Gasteiger partial charge in [0.25, 0.3) is 0 Å². The number of aryl methyl sites for hydroxylation is 1. The van der Waals surface area contributed by atoms with Crippen LogP contribution in [-0.2, 0) is 16.0 Å². The number of rotatable bonds is 21. The largest absolute Gasteiger partial charge is 0.490 e. The van der Waals surface area contributed by atoms with Crippen LogP contribution in [0.2, 0.25) is 0 Å². The van der Waals surface area contributed by atoms with Gasteiger partial charge in [-0.15, -0.1) is 0 Å². The molecule has 1 heterocycles. The molecule has 0 aliphatic rings. The van der Waals surface area contributed by atoms with Gasteiger partial charge in [-0.05, 0) is 50.5 Å². The van der Waals surface area contributed by atoms with Gasteiger partial charge in [-0.3, -0.25) is 0 Å². The molecule has 1 aromatic heterocycles. The molecule has 0 saturated heterocycles. The van der Waals surface area contributed by atoms with E-state index in [1.54, 1.807) is 18.5 Å². The number of carboxylic acids is 1. The first-order chi connectivity index (χ1) is 17.7. The lowest BCUT2D eigenvalue weighted by molar-refractivity contribution is -0.131. The lowest BCUT2D eigenvalue weighted by atomic mass is 10.0. The van der Waals surface area contributed by atoms with Crippen LogP contribution < -0.4 is 4.74 Å². The molecule has 0 atom stereocenters. The topological polar surface area (TPSA) is 81.5 Å². The van der Waals surface area contributed by atoms with Crippen molar-refractivity contribution in [2.75, 3.05) is 19.8 Å². The van der Waals surface area contributed by atoms with Crippen LogP contribution >= 0.6 is 0 Å². The molecule has 36 heavy (non-hydrogen) atoms. The monoisotopic (exact) mass is 496 g/mol. The maximum absolute atomic E-state index is 10.4. The third-order valence-corrected chi connectivity index (χ3v) is 6.03. The molecule has 2 aromatic rings. The molecular formula is C30H44N2O4. The van der Waals surface area contributed by atoms with Crippen LogP contribution in [0.4, 0.5) is 0 Å². The van der Waals surface area contributed by atoms with Crippen LogP contribution in [0.3, 0.4) is 0 Å². The maximum Gasteiger partial charge on any atom is 0.327 e. The average Bonchev–Trinajstić information content (AvgIpc) is 2.89. The van der Waals surface area contributed by atoms with Gasteiger partial charge in [0.1, 0.15) is 0 Å². The van der Waals surface area contributed by atoms with Crippen molar-refractivity contribution >= 4 is 5.97 Å². The van der Waals surface area contributed by atoms with Gasteiger partial charge in [0, 0.05) is 24.9 Å². The fourth-order valence-electron chi connectivity index (χ4n) is 3.86. The van der Waals surface area contributed by atoms with Crippen LogP contribution in [0.5, 0.6) is 5.75 Å². The van der Waals surface area contributed by atoms with E-state index in [4.69, 9.17) is 14.6 Å². The van der Waals surface area contributed by atoms with E-state index in [0.29, 0.717) is 12.4 Å². The molecule has 0 spiro atoms. The Morgan fingerprint density at radius 1 is 0.833 bits per heavy atom. The van der Waals surface area contributed by atoms with E-state index in [0.717, 1.165) is 63.1 Å². The van der Waals surface area contributed by atoms with E-state index in [1.807, 2.05) is 0 Å². The zero-order valence-corrected chi connectivity index (χ0v) is 22.0. The normalized spacial score (nSPS) is 11.2. The molecule has 0 saturated carbocycles. The molecule has 0 aliphatic carbocycles. The Morgan fingerprint density at radius 2 is 1.47 bits per heavy atom. The molecule has 0 bridgehead atoms. The van der Waals surface area contributed by atoms with Crippen LogP contribution in [0.15, 0.2) is 48.8 Å². The first-order valence-corrected chi connectivity index (χ1v) is 13.7. The number of unbranched alkanes of at least 4 members (excludes halogenated alkanes) is 9. The molecule has 0 amide bonds. The quantitative estimate of drug-likeness (QED) is 0.143. The van der Waals surface area contributed by atoms with Crippen molar-refractivity contribution in [3.8, 4) is 17.1 Å². The number of allylic oxidation sites excluding steroid dienone is 1. The highest BCUT2D eigenvalue weighted by Crippen LogP contribution is 2.19. The first-order valence-electron chi connectivity index (χ1n) is 13.7. The van der Waals surface area contributed by atoms with Gasteiger partial charge >= 0.3 is 5.97 Å². The summed E-state index contributed by atoms with van der Waals surface area (Å²) in [6.45, 7) is 4.47. The summed E-state index contributed by atoms with van der Waals surface area (Å²) in [5.41, 5.74) is 2.37. The highest BCUT2D eigenvalue weighted by Gasteiger charge is 2.03. The minimum absolute atomic E-state index is 0.654. The third kappa shape index (κ3) is 14.0. The Labute approximate surface area is 217 Å². The summed E-state index contributed by atoms with van der Waals surface area (Å²) < 4.78 is 11.3. The van der Waals surface area contributed by atoms with E-state index in [2.05, 4.69) is 41.2 Å². The van der Waals surface area contributed by atoms with Gasteiger partial charge in [0.15, 0.2) is 11.6 Å². The SMILES string of the molecule is CCCCOCCCCOc1cnc(-c2ccc(CCCCCCCCC/C=C/C(=O)O)cc2)nc1. The van der Waals surface area contributed by atoms with Crippen molar-refractivity contribution in [2.24, 2.45) is 0 Å². The van der Waals surface area contributed by atoms with Gasteiger partial charge in [-0.25, -0.2) is 14.8 Å². The summed E-state index contributed by atoms with van der Waals surface area (Å²) in [6.07, 6.45) is 21.2. The minimum Gasteiger partial charge on any atom is -0.490 e. The van der Waals surface area contributed by atoms with Crippen LogP contribution in [-0.4, -0.2) is 40.9 Å². The standard InChI is InChI=1S/C30H44N2O4/c1-2-3-21-35-22-13-14-23-36-28-24-31-30(32-25-28)27-19-17-26(18-20-27)15-11-9-7-5-4-6-8-10-12-16-29(33)34/h12,16-20,24-25H,2-11,13-15,21-23H2,1H3,(H,33,34)/b16-12+. The number of carboxylic acid groups (broad SMARTS) is 1. The number of hydrogen-bond donors (Lipinski definition) is 1. The number of hydrogen-bond acceptors (Lipinski definition) is 5. The molecule has 0 fully saturated rings. The van der Waals surface area contributed by atoms with Crippen LogP contribution in [0.25, 0.3) is 11.4 Å². The fourth-order valence-corrected chi connectivity index (χ4v) is 3.86. The van der Waals surface area contributed by atoms with E-state index >= 15 is 0 Å². The molecule has 2 rings (SSSR count). The zero-order chi connectivity index (χ0) is 25.7. The summed E-state index contributed by atoms with van der Waals surface area (Å²) in [6, 6.07) is 8.55. The van der Waals surface area contributed by atoms with Gasteiger partial charge in [-0.2, -0.15) is 0 Å². The van der Waals surface area contributed by atoms with E-state index in [9.17, 15) is 4.79 Å². The van der Waals surface area contributed by atoms with Crippen molar-refractivity contribution in [1.82, 2.24) is 9.97 Å². The minimum atomic E-state index is -0.858. The highest BCUT2D eigenvalue weighted by atomic mass is 16.5. The van der Waals surface area contributed by atoms with Crippen molar-refractivity contribution in [3.63, 3.8) is 0 Å². The Bertz CT molecular complexity index is 850. The van der Waals surface area contributed by atoms with Gasteiger partial charge < -0.3 is 14.6 Å². The molecule has 198 valence electrons. The fraction of sp³-hybridized carbons (Fsp3) is 0.567. The Balaban J connectivity index is 1.55. The summed E-state index contributed by atoms with van der Waals surface area (Å²) in [5, 5.41) is 8.55. The second-order valence-corrected chi connectivity index (χ2v) is 9.21. The third-order valence-electron chi connectivity index (χ3n) is 6.03. The van der Waals surface area contributed by atoms with E-state index < -0.39 is 5.97 Å². The van der Waals surface area contributed by atoms with E-state index in [1.165, 1.54) is 56.6 Å². The number of carbonyl (C=O) groups is 1. The molecule has 6 heteroatoms. The summed E-state index contributed by atoms with van der Waals surface area (Å²) in [5.74, 6) is 0.567. The van der Waals surface area contributed by atoms with Crippen molar-refractivity contribution in [3.05, 3.63) is 54.4 Å². The lowest BCUT2D eigenvalue weighted by Crippen LogP contribution is -2.02. The molecule has 0 unspecified atom stereocenters. The predicted octanol–water partition coefficient (Wildman–Crippen LogP) is 7.42.